The lowest BCUT2D eigenvalue weighted by Crippen LogP contribution is -2.09. The van der Waals surface area contributed by atoms with E-state index >= 15 is 0 Å². The van der Waals surface area contributed by atoms with Crippen LogP contribution in [0.4, 0.5) is 0 Å². The van der Waals surface area contributed by atoms with Crippen LogP contribution in [0.25, 0.3) is 0 Å². The Hall–Kier alpha value is -1.40. The third-order valence-electron chi connectivity index (χ3n) is 2.22. The summed E-state index contributed by atoms with van der Waals surface area (Å²) in [4.78, 5) is 0. The summed E-state index contributed by atoms with van der Waals surface area (Å²) >= 11 is 3.09. The van der Waals surface area contributed by atoms with Crippen molar-refractivity contribution in [3.63, 3.8) is 0 Å². The van der Waals surface area contributed by atoms with Crippen LogP contribution in [-0.2, 0) is 0 Å². The fourth-order valence-electron chi connectivity index (χ4n) is 1.36. The number of hydrogen-bond acceptors (Lipinski definition) is 6. The van der Waals surface area contributed by atoms with E-state index in [0.717, 1.165) is 23.0 Å². The van der Waals surface area contributed by atoms with Gasteiger partial charge in [0, 0.05) is 21.5 Å². The fraction of sp³-hybridized carbons (Fsp3) is 0.333. The Morgan fingerprint density at radius 1 is 0.722 bits per heavy atom. The molecule has 2 aromatic heterocycles. The monoisotopic (exact) mass is 286 g/mol. The summed E-state index contributed by atoms with van der Waals surface area (Å²) in [7, 11) is 3.25. The van der Waals surface area contributed by atoms with Crippen LogP contribution >= 0.6 is 22.7 Å². The van der Waals surface area contributed by atoms with Crippen molar-refractivity contribution in [1.82, 2.24) is 0 Å². The van der Waals surface area contributed by atoms with Crippen LogP contribution in [0, 0.1) is 0 Å². The van der Waals surface area contributed by atoms with Crippen molar-refractivity contribution in [2.24, 2.45) is 0 Å². The van der Waals surface area contributed by atoms with E-state index in [1.165, 1.54) is 0 Å². The van der Waals surface area contributed by atoms with Crippen LogP contribution in [0.3, 0.4) is 0 Å². The van der Waals surface area contributed by atoms with Gasteiger partial charge < -0.3 is 18.9 Å². The summed E-state index contributed by atoms with van der Waals surface area (Å²) in [6, 6.07) is 0. The lowest BCUT2D eigenvalue weighted by molar-refractivity contribution is 0.207. The minimum atomic E-state index is 0.464. The summed E-state index contributed by atoms with van der Waals surface area (Å²) in [5.74, 6) is 3.02. The zero-order valence-electron chi connectivity index (χ0n) is 10.2. The van der Waals surface area contributed by atoms with E-state index in [9.17, 15) is 0 Å². The molecule has 2 heterocycles. The van der Waals surface area contributed by atoms with Gasteiger partial charge in [0.05, 0.1) is 14.2 Å². The normalized spacial score (nSPS) is 10.1. The van der Waals surface area contributed by atoms with E-state index in [0.29, 0.717) is 13.2 Å². The van der Waals surface area contributed by atoms with Gasteiger partial charge in [-0.2, -0.15) is 0 Å². The Balaban J connectivity index is 1.76. The van der Waals surface area contributed by atoms with Crippen molar-refractivity contribution in [3.05, 3.63) is 21.5 Å². The van der Waals surface area contributed by atoms with Gasteiger partial charge in [0.25, 0.3) is 0 Å². The van der Waals surface area contributed by atoms with Crippen LogP contribution < -0.4 is 18.9 Å². The molecule has 0 saturated heterocycles. The molecule has 0 bridgehead atoms. The van der Waals surface area contributed by atoms with Crippen LogP contribution in [-0.4, -0.2) is 27.4 Å². The second-order valence-corrected chi connectivity index (χ2v) is 4.79. The van der Waals surface area contributed by atoms with Crippen molar-refractivity contribution in [2.45, 2.75) is 0 Å². The first-order valence-electron chi connectivity index (χ1n) is 5.31. The molecule has 4 nitrogen and oxygen atoms in total. The summed E-state index contributed by atoms with van der Waals surface area (Å²) in [5.41, 5.74) is 0. The molecule has 98 valence electrons. The zero-order valence-corrected chi connectivity index (χ0v) is 11.8. The first-order valence-corrected chi connectivity index (χ1v) is 7.19. The van der Waals surface area contributed by atoms with Gasteiger partial charge in [0.2, 0.25) is 0 Å². The van der Waals surface area contributed by atoms with Crippen LogP contribution in [0.2, 0.25) is 0 Å². The average molecular weight is 286 g/mol. The molecule has 0 spiro atoms. The molecular formula is C12H14O4S2. The zero-order chi connectivity index (χ0) is 12.8. The summed E-state index contributed by atoms with van der Waals surface area (Å²) < 4.78 is 21.4. The third kappa shape index (κ3) is 3.08. The highest BCUT2D eigenvalue weighted by molar-refractivity contribution is 7.08. The van der Waals surface area contributed by atoms with E-state index in [-0.39, 0.29) is 0 Å². The first-order chi connectivity index (χ1) is 8.85. The van der Waals surface area contributed by atoms with Gasteiger partial charge in [-0.1, -0.05) is 0 Å². The molecule has 0 aliphatic rings. The molecule has 0 amide bonds. The molecule has 0 radical (unpaired) electrons. The van der Waals surface area contributed by atoms with E-state index in [1.54, 1.807) is 36.9 Å². The smallest absolute Gasteiger partial charge is 0.172 e. The van der Waals surface area contributed by atoms with Gasteiger partial charge >= 0.3 is 0 Å². The van der Waals surface area contributed by atoms with Crippen molar-refractivity contribution in [3.8, 4) is 23.0 Å². The van der Waals surface area contributed by atoms with E-state index < -0.39 is 0 Å². The number of thiophene rings is 2. The van der Waals surface area contributed by atoms with E-state index in [2.05, 4.69) is 0 Å². The van der Waals surface area contributed by atoms with Gasteiger partial charge in [-0.3, -0.25) is 0 Å². The summed E-state index contributed by atoms with van der Waals surface area (Å²) in [6.45, 7) is 0.929. The highest BCUT2D eigenvalue weighted by Gasteiger charge is 2.07. The summed E-state index contributed by atoms with van der Waals surface area (Å²) in [5, 5.41) is 7.62. The number of rotatable bonds is 7. The quantitative estimate of drug-likeness (QED) is 0.732. The second-order valence-electron chi connectivity index (χ2n) is 3.31. The first kappa shape index (κ1) is 13.0. The Bertz CT molecular complexity index is 434. The van der Waals surface area contributed by atoms with Gasteiger partial charge in [-0.05, 0) is 0 Å². The predicted octanol–water partition coefficient (Wildman–Crippen LogP) is 3.28. The Morgan fingerprint density at radius 3 is 1.50 bits per heavy atom. The van der Waals surface area contributed by atoms with Gasteiger partial charge in [0.1, 0.15) is 13.2 Å². The maximum atomic E-state index is 5.56. The van der Waals surface area contributed by atoms with Crippen molar-refractivity contribution < 1.29 is 18.9 Å². The minimum Gasteiger partial charge on any atom is -0.492 e. The maximum Gasteiger partial charge on any atom is 0.172 e. The molecule has 0 aliphatic carbocycles. The average Bonchev–Trinajstić information content (AvgIpc) is 3.02. The molecular weight excluding hydrogens is 272 g/mol. The topological polar surface area (TPSA) is 36.9 Å². The van der Waals surface area contributed by atoms with Crippen LogP contribution in [0.1, 0.15) is 0 Å². The van der Waals surface area contributed by atoms with Crippen molar-refractivity contribution in [2.75, 3.05) is 27.4 Å². The fourth-order valence-corrected chi connectivity index (χ4v) is 2.78. The van der Waals surface area contributed by atoms with Gasteiger partial charge in [-0.15, -0.1) is 22.7 Å². The van der Waals surface area contributed by atoms with Crippen LogP contribution in [0.15, 0.2) is 21.5 Å². The molecule has 0 atom stereocenters. The lowest BCUT2D eigenvalue weighted by Gasteiger charge is -2.08. The number of methoxy groups -OCH3 is 2. The maximum absolute atomic E-state index is 5.56. The van der Waals surface area contributed by atoms with Gasteiger partial charge in [0.15, 0.2) is 23.0 Å². The molecule has 2 aromatic rings. The van der Waals surface area contributed by atoms with Crippen molar-refractivity contribution in [1.29, 1.82) is 0 Å². The van der Waals surface area contributed by atoms with E-state index in [4.69, 9.17) is 18.9 Å². The molecule has 18 heavy (non-hydrogen) atoms. The Morgan fingerprint density at radius 2 is 1.11 bits per heavy atom. The SMILES string of the molecule is COc1cscc1OCCOc1cscc1OC. The lowest BCUT2D eigenvalue weighted by atomic mass is 10.5. The molecule has 6 heteroatoms. The molecule has 0 aromatic carbocycles. The molecule has 0 N–H and O–H groups in total. The molecule has 2 rings (SSSR count). The largest absolute Gasteiger partial charge is 0.492 e. The van der Waals surface area contributed by atoms with Crippen molar-refractivity contribution >= 4 is 22.7 Å². The Kier molecular flexibility index (Phi) is 4.72. The molecule has 0 saturated carbocycles. The van der Waals surface area contributed by atoms with E-state index in [1.807, 2.05) is 21.5 Å². The number of ether oxygens (including phenoxy) is 4. The van der Waals surface area contributed by atoms with Crippen LogP contribution in [0.5, 0.6) is 23.0 Å². The molecule has 0 fully saturated rings. The third-order valence-corrected chi connectivity index (χ3v) is 3.62. The van der Waals surface area contributed by atoms with Gasteiger partial charge in [-0.25, -0.2) is 0 Å². The number of hydrogen-bond donors (Lipinski definition) is 0. The highest BCUT2D eigenvalue weighted by Crippen LogP contribution is 2.32. The second kappa shape index (κ2) is 6.51. The standard InChI is InChI=1S/C12H14O4S2/c1-13-9-5-17-7-11(9)15-3-4-16-12-8-18-6-10(12)14-2/h5-8H,3-4H2,1-2H3. The Labute approximate surface area is 114 Å². The highest BCUT2D eigenvalue weighted by atomic mass is 32.1. The predicted molar refractivity (Wildman–Crippen MR) is 72.7 cm³/mol. The summed E-state index contributed by atoms with van der Waals surface area (Å²) in [6.07, 6.45) is 0. The minimum absolute atomic E-state index is 0.464. The molecule has 0 aliphatic heterocycles. The molecule has 0 unspecified atom stereocenters.